The number of para-hydroxylation sites is 2. The third-order valence-electron chi connectivity index (χ3n) is 4.42. The second kappa shape index (κ2) is 6.98. The van der Waals surface area contributed by atoms with E-state index < -0.39 is 34.0 Å². The number of carbonyl (C=O) groups is 2. The Morgan fingerprint density at radius 3 is 2.70 bits per heavy atom. The Morgan fingerprint density at radius 1 is 1.33 bits per heavy atom. The lowest BCUT2D eigenvalue weighted by Gasteiger charge is -2.21. The first-order chi connectivity index (χ1) is 12.8. The smallest absolute Gasteiger partial charge is 0.326 e. The Balaban J connectivity index is 2.11. The number of hydrogen-bond donors (Lipinski definition) is 1. The molecule has 0 unspecified atom stereocenters. The number of amides is 1. The highest BCUT2D eigenvalue weighted by Crippen LogP contribution is 2.23. The van der Waals surface area contributed by atoms with Crippen LogP contribution < -0.4 is 5.43 Å². The van der Waals surface area contributed by atoms with Gasteiger partial charge in [-0.1, -0.05) is 12.1 Å². The maximum Gasteiger partial charge on any atom is 0.326 e. The van der Waals surface area contributed by atoms with Crippen LogP contribution in [0.1, 0.15) is 29.0 Å². The summed E-state index contributed by atoms with van der Waals surface area (Å²) in [5.41, 5.74) is -0.956. The monoisotopic (exact) mass is 372 g/mol. The number of nitro groups is 1. The van der Waals surface area contributed by atoms with E-state index in [0.717, 1.165) is 15.6 Å². The first-order valence-electron chi connectivity index (χ1n) is 8.20. The third kappa shape index (κ3) is 3.28. The maximum absolute atomic E-state index is 12.7. The molecule has 0 spiro atoms. The summed E-state index contributed by atoms with van der Waals surface area (Å²) >= 11 is 0. The van der Waals surface area contributed by atoms with E-state index in [1.807, 2.05) is 0 Å². The Kier molecular flexibility index (Phi) is 4.72. The minimum Gasteiger partial charge on any atom is -0.480 e. The van der Waals surface area contributed by atoms with Gasteiger partial charge in [0.1, 0.15) is 11.7 Å². The predicted octanol–water partition coefficient (Wildman–Crippen LogP) is 1.14. The summed E-state index contributed by atoms with van der Waals surface area (Å²) in [7, 11) is 0. The van der Waals surface area contributed by atoms with Crippen molar-refractivity contribution in [1.29, 1.82) is 0 Å². The van der Waals surface area contributed by atoms with Crippen molar-refractivity contribution in [3.63, 3.8) is 0 Å². The van der Waals surface area contributed by atoms with Gasteiger partial charge in [0.2, 0.25) is 5.43 Å². The molecule has 1 fully saturated rings. The molecule has 0 radical (unpaired) electrons. The number of likely N-dealkylation sites (tertiary alicyclic amines) is 1. The highest BCUT2D eigenvalue weighted by atomic mass is 16.6. The summed E-state index contributed by atoms with van der Waals surface area (Å²) in [6.45, 7) is 1.74. The SMILES string of the molecule is Cc1cc(=O)c(C(=O)N2CCC[C@@H]2C(=O)O)nn1-c1ccccc1[N+](=O)[O-]. The molecule has 10 heteroatoms. The number of hydrogen-bond acceptors (Lipinski definition) is 6. The Labute approximate surface area is 152 Å². The fourth-order valence-corrected chi connectivity index (χ4v) is 3.14. The van der Waals surface area contributed by atoms with E-state index in [1.165, 1.54) is 25.1 Å². The largest absolute Gasteiger partial charge is 0.480 e. The number of aliphatic carboxylic acids is 1. The van der Waals surface area contributed by atoms with Gasteiger partial charge in [0.05, 0.1) is 4.92 Å². The maximum atomic E-state index is 12.7. The van der Waals surface area contributed by atoms with E-state index >= 15 is 0 Å². The molecule has 140 valence electrons. The summed E-state index contributed by atoms with van der Waals surface area (Å²) in [6, 6.07) is 5.95. The van der Waals surface area contributed by atoms with Crippen LogP contribution in [0.2, 0.25) is 0 Å². The highest BCUT2D eigenvalue weighted by Gasteiger charge is 2.36. The van der Waals surface area contributed by atoms with Crippen molar-refractivity contribution in [2.24, 2.45) is 0 Å². The van der Waals surface area contributed by atoms with E-state index in [4.69, 9.17) is 0 Å². The number of benzene rings is 1. The molecule has 0 saturated carbocycles. The lowest BCUT2D eigenvalue weighted by Crippen LogP contribution is -2.43. The molecule has 27 heavy (non-hydrogen) atoms. The standard InChI is InChI=1S/C17H16N4O6/c1-10-9-14(22)15(16(23)19-8-4-7-13(19)17(24)25)18-20(10)11-5-2-3-6-12(11)21(26)27/h2-3,5-6,9,13H,4,7-8H2,1H3,(H,24,25)/t13-/m1/s1. The summed E-state index contributed by atoms with van der Waals surface area (Å²) in [5.74, 6) is -1.94. The number of nitro benzene ring substituents is 1. The van der Waals surface area contributed by atoms with Gasteiger partial charge < -0.3 is 10.0 Å². The number of rotatable bonds is 4. The first kappa shape index (κ1) is 18.2. The van der Waals surface area contributed by atoms with Crippen LogP contribution in [0.4, 0.5) is 5.69 Å². The molecule has 3 rings (SSSR count). The molecule has 2 heterocycles. The van der Waals surface area contributed by atoms with E-state index in [1.54, 1.807) is 6.07 Å². The van der Waals surface area contributed by atoms with Gasteiger partial charge in [-0.2, -0.15) is 5.10 Å². The van der Waals surface area contributed by atoms with E-state index in [9.17, 15) is 29.6 Å². The van der Waals surface area contributed by atoms with Crippen molar-refractivity contribution >= 4 is 17.6 Å². The van der Waals surface area contributed by atoms with Crippen molar-refractivity contribution in [3.05, 3.63) is 62.1 Å². The second-order valence-electron chi connectivity index (χ2n) is 6.15. The molecule has 0 bridgehead atoms. The molecule has 2 aromatic rings. The Morgan fingerprint density at radius 2 is 2.04 bits per heavy atom. The number of nitrogens with zero attached hydrogens (tertiary/aromatic N) is 4. The second-order valence-corrected chi connectivity index (χ2v) is 6.15. The van der Waals surface area contributed by atoms with E-state index in [-0.39, 0.29) is 17.9 Å². The predicted molar refractivity (Wildman–Crippen MR) is 92.9 cm³/mol. The van der Waals surface area contributed by atoms with Crippen molar-refractivity contribution in [2.45, 2.75) is 25.8 Å². The van der Waals surface area contributed by atoms with Crippen molar-refractivity contribution in [2.75, 3.05) is 6.54 Å². The van der Waals surface area contributed by atoms with Gasteiger partial charge in [-0.3, -0.25) is 19.7 Å². The molecular weight excluding hydrogens is 356 g/mol. The lowest BCUT2D eigenvalue weighted by molar-refractivity contribution is -0.384. The minimum absolute atomic E-state index is 0.102. The summed E-state index contributed by atoms with van der Waals surface area (Å²) in [4.78, 5) is 48.2. The van der Waals surface area contributed by atoms with Crippen LogP contribution in [0.3, 0.4) is 0 Å². The van der Waals surface area contributed by atoms with Crippen LogP contribution in [0.15, 0.2) is 35.1 Å². The zero-order valence-electron chi connectivity index (χ0n) is 14.4. The number of carbonyl (C=O) groups excluding carboxylic acids is 1. The van der Waals surface area contributed by atoms with Gasteiger partial charge in [-0.25, -0.2) is 9.48 Å². The minimum atomic E-state index is -1.15. The molecule has 1 atom stereocenters. The molecule has 1 aliphatic rings. The van der Waals surface area contributed by atoms with Crippen molar-refractivity contribution in [3.8, 4) is 5.69 Å². The van der Waals surface area contributed by atoms with Gasteiger partial charge in [0.25, 0.3) is 11.6 Å². The average molecular weight is 372 g/mol. The molecule has 0 aliphatic carbocycles. The van der Waals surface area contributed by atoms with Crippen LogP contribution >= 0.6 is 0 Å². The molecule has 1 aromatic carbocycles. The van der Waals surface area contributed by atoms with Crippen molar-refractivity contribution < 1.29 is 19.6 Å². The normalized spacial score (nSPS) is 16.3. The first-order valence-corrected chi connectivity index (χ1v) is 8.20. The van der Waals surface area contributed by atoms with E-state index in [0.29, 0.717) is 18.5 Å². The molecule has 1 aliphatic heterocycles. The van der Waals surface area contributed by atoms with Gasteiger partial charge >= 0.3 is 5.97 Å². The summed E-state index contributed by atoms with van der Waals surface area (Å²) in [6.07, 6.45) is 0.804. The van der Waals surface area contributed by atoms with Gasteiger partial charge in [0.15, 0.2) is 5.69 Å². The molecule has 10 nitrogen and oxygen atoms in total. The average Bonchev–Trinajstić information content (AvgIpc) is 3.11. The molecule has 1 amide bonds. The van der Waals surface area contributed by atoms with Crippen LogP contribution in [0, 0.1) is 17.0 Å². The molecular formula is C17H16N4O6. The van der Waals surface area contributed by atoms with Gasteiger partial charge in [-0.15, -0.1) is 0 Å². The fourth-order valence-electron chi connectivity index (χ4n) is 3.14. The van der Waals surface area contributed by atoms with Crippen LogP contribution in [-0.4, -0.2) is 49.2 Å². The fraction of sp³-hybridized carbons (Fsp3) is 0.294. The highest BCUT2D eigenvalue weighted by molar-refractivity contribution is 5.95. The topological polar surface area (TPSA) is 136 Å². The Hall–Kier alpha value is -3.56. The number of carboxylic acid groups (broad SMARTS) is 1. The molecule has 1 aromatic heterocycles. The quantitative estimate of drug-likeness (QED) is 0.628. The summed E-state index contributed by atoms with van der Waals surface area (Å²) < 4.78 is 1.15. The molecule has 1 N–H and O–H groups in total. The van der Waals surface area contributed by atoms with Gasteiger partial charge in [-0.05, 0) is 25.8 Å². The lowest BCUT2D eigenvalue weighted by atomic mass is 10.2. The summed E-state index contributed by atoms with van der Waals surface area (Å²) in [5, 5.41) is 24.6. The number of aryl methyl sites for hydroxylation is 1. The zero-order valence-corrected chi connectivity index (χ0v) is 14.4. The van der Waals surface area contributed by atoms with Crippen LogP contribution in [0.25, 0.3) is 5.69 Å². The Bertz CT molecular complexity index is 999. The van der Waals surface area contributed by atoms with Crippen LogP contribution in [0.5, 0.6) is 0 Å². The third-order valence-corrected chi connectivity index (χ3v) is 4.42. The van der Waals surface area contributed by atoms with Crippen molar-refractivity contribution in [1.82, 2.24) is 14.7 Å². The zero-order chi connectivity index (χ0) is 19.7. The number of aromatic nitrogens is 2. The van der Waals surface area contributed by atoms with Crippen LogP contribution in [-0.2, 0) is 4.79 Å². The number of carboxylic acids is 1. The molecule has 1 saturated heterocycles. The van der Waals surface area contributed by atoms with Gasteiger partial charge in [0, 0.05) is 24.4 Å². The van der Waals surface area contributed by atoms with E-state index in [2.05, 4.69) is 5.10 Å².